The van der Waals surface area contributed by atoms with Crippen molar-refractivity contribution >= 4 is 0 Å². The van der Waals surface area contributed by atoms with E-state index < -0.39 is 0 Å². The summed E-state index contributed by atoms with van der Waals surface area (Å²) in [7, 11) is 0. The van der Waals surface area contributed by atoms with Gasteiger partial charge in [-0.2, -0.15) is 0 Å². The van der Waals surface area contributed by atoms with Crippen molar-refractivity contribution in [1.82, 2.24) is 0 Å². The number of aryl methyl sites for hydroxylation is 1. The zero-order valence-corrected chi connectivity index (χ0v) is 14.1. The minimum Gasteiger partial charge on any atom is -0.0620 e. The summed E-state index contributed by atoms with van der Waals surface area (Å²) in [5, 5.41) is 0. The first-order chi connectivity index (χ1) is 11.2. The highest BCUT2D eigenvalue weighted by Crippen LogP contribution is 2.44. The first kappa shape index (κ1) is 14.3. The topological polar surface area (TPSA) is 0 Å². The summed E-state index contributed by atoms with van der Waals surface area (Å²) in [5.41, 5.74) is 11.5. The molecule has 0 N–H and O–H groups in total. The van der Waals surface area contributed by atoms with Crippen LogP contribution in [0.5, 0.6) is 0 Å². The molecular weight excluding hydrogens is 276 g/mol. The van der Waals surface area contributed by atoms with Gasteiger partial charge in [-0.25, -0.2) is 0 Å². The largest absolute Gasteiger partial charge is 0.0620 e. The number of fused-ring (bicyclic) bond motifs is 3. The quantitative estimate of drug-likeness (QED) is 0.404. The molecule has 0 aromatic heterocycles. The van der Waals surface area contributed by atoms with Crippen LogP contribution in [0.1, 0.15) is 42.0 Å². The normalized spacial score (nSPS) is 12.3. The van der Waals surface area contributed by atoms with Gasteiger partial charge in [0.1, 0.15) is 0 Å². The molecule has 0 radical (unpaired) electrons. The fraction of sp³-hybridized carbons (Fsp3) is 0.217. The Kier molecular flexibility index (Phi) is 3.34. The van der Waals surface area contributed by atoms with Crippen molar-refractivity contribution in [2.45, 2.75) is 33.1 Å². The van der Waals surface area contributed by atoms with Crippen molar-refractivity contribution in [3.63, 3.8) is 0 Å². The maximum Gasteiger partial charge on any atom is -0.00104 e. The second-order valence-corrected chi connectivity index (χ2v) is 6.86. The minimum atomic E-state index is 0.522. The van der Waals surface area contributed by atoms with E-state index in [-0.39, 0.29) is 0 Å². The molecule has 1 aliphatic carbocycles. The lowest BCUT2D eigenvalue weighted by atomic mass is 9.85. The molecule has 0 amide bonds. The fourth-order valence-corrected chi connectivity index (χ4v) is 4.00. The molecule has 3 aromatic carbocycles. The molecule has 0 fully saturated rings. The molecule has 0 saturated carbocycles. The van der Waals surface area contributed by atoms with E-state index >= 15 is 0 Å². The van der Waals surface area contributed by atoms with Crippen LogP contribution in [0.4, 0.5) is 0 Å². The summed E-state index contributed by atoms with van der Waals surface area (Å²) in [5.74, 6) is 0.522. The highest BCUT2D eigenvalue weighted by atomic mass is 14.3. The molecule has 3 aromatic rings. The molecule has 0 saturated heterocycles. The Morgan fingerprint density at radius 1 is 0.696 bits per heavy atom. The zero-order valence-electron chi connectivity index (χ0n) is 14.1. The molecule has 114 valence electrons. The van der Waals surface area contributed by atoms with Crippen molar-refractivity contribution in [2.24, 2.45) is 0 Å². The summed E-state index contributed by atoms with van der Waals surface area (Å²) < 4.78 is 0. The van der Waals surface area contributed by atoms with Crippen LogP contribution in [0.2, 0.25) is 0 Å². The second kappa shape index (κ2) is 5.38. The van der Waals surface area contributed by atoms with Gasteiger partial charge < -0.3 is 0 Å². The standard InChI is InChI=1S/C23H22/c1-15(2)23-21(18-10-6-4-8-16(18)3)13-12-20-19-11-7-5-9-17(19)14-22(20)23/h4-13,15H,14H2,1-3H3. The molecule has 0 heterocycles. The van der Waals surface area contributed by atoms with Crippen LogP contribution in [0.25, 0.3) is 22.3 Å². The van der Waals surface area contributed by atoms with Crippen LogP contribution >= 0.6 is 0 Å². The predicted octanol–water partition coefficient (Wildman–Crippen LogP) is 6.36. The smallest absolute Gasteiger partial charge is 0.00104 e. The minimum absolute atomic E-state index is 0.522. The van der Waals surface area contributed by atoms with Gasteiger partial charge in [0.25, 0.3) is 0 Å². The number of hydrogen-bond acceptors (Lipinski definition) is 0. The zero-order chi connectivity index (χ0) is 16.0. The van der Waals surface area contributed by atoms with Gasteiger partial charge in [-0.05, 0) is 63.8 Å². The number of benzene rings is 3. The first-order valence-electron chi connectivity index (χ1n) is 8.47. The van der Waals surface area contributed by atoms with Crippen molar-refractivity contribution in [1.29, 1.82) is 0 Å². The Bertz CT molecular complexity index is 884. The summed E-state index contributed by atoms with van der Waals surface area (Å²) in [4.78, 5) is 0. The molecule has 0 unspecified atom stereocenters. The first-order valence-corrected chi connectivity index (χ1v) is 8.47. The van der Waals surface area contributed by atoms with E-state index in [2.05, 4.69) is 81.4 Å². The van der Waals surface area contributed by atoms with Gasteiger partial charge in [-0.15, -0.1) is 0 Å². The lowest BCUT2D eigenvalue weighted by Gasteiger charge is -2.19. The van der Waals surface area contributed by atoms with Crippen LogP contribution in [-0.2, 0) is 6.42 Å². The summed E-state index contributed by atoms with van der Waals surface area (Å²) in [6.45, 7) is 6.85. The van der Waals surface area contributed by atoms with Crippen LogP contribution in [-0.4, -0.2) is 0 Å². The lowest BCUT2D eigenvalue weighted by Crippen LogP contribution is -2.00. The van der Waals surface area contributed by atoms with Crippen LogP contribution in [0.15, 0.2) is 60.7 Å². The van der Waals surface area contributed by atoms with E-state index in [0.29, 0.717) is 5.92 Å². The highest BCUT2D eigenvalue weighted by Gasteiger charge is 2.24. The van der Waals surface area contributed by atoms with Crippen LogP contribution < -0.4 is 0 Å². The van der Waals surface area contributed by atoms with Gasteiger partial charge in [0, 0.05) is 0 Å². The second-order valence-electron chi connectivity index (χ2n) is 6.86. The van der Waals surface area contributed by atoms with E-state index in [1.807, 2.05) is 0 Å². The summed E-state index contributed by atoms with van der Waals surface area (Å²) in [6.07, 6.45) is 1.07. The van der Waals surface area contributed by atoms with Crippen molar-refractivity contribution in [3.05, 3.63) is 82.9 Å². The van der Waals surface area contributed by atoms with Gasteiger partial charge >= 0.3 is 0 Å². The molecule has 0 nitrogen and oxygen atoms in total. The SMILES string of the molecule is Cc1ccccc1-c1ccc2c(c1C(C)C)Cc1ccccc1-2. The van der Waals surface area contributed by atoms with E-state index in [0.717, 1.165) is 6.42 Å². The van der Waals surface area contributed by atoms with E-state index in [1.54, 1.807) is 0 Å². The third-order valence-electron chi connectivity index (χ3n) is 5.04. The van der Waals surface area contributed by atoms with E-state index in [9.17, 15) is 0 Å². The number of hydrogen-bond donors (Lipinski definition) is 0. The monoisotopic (exact) mass is 298 g/mol. The van der Waals surface area contributed by atoms with E-state index in [1.165, 1.54) is 44.5 Å². The Morgan fingerprint density at radius 3 is 2.09 bits per heavy atom. The van der Waals surface area contributed by atoms with Crippen LogP contribution in [0, 0.1) is 6.92 Å². The molecule has 0 atom stereocenters. The predicted molar refractivity (Wildman–Crippen MR) is 98.9 cm³/mol. The Labute approximate surface area is 138 Å². The maximum absolute atomic E-state index is 2.33. The Hall–Kier alpha value is -2.34. The van der Waals surface area contributed by atoms with E-state index in [4.69, 9.17) is 0 Å². The Balaban J connectivity index is 1.98. The van der Waals surface area contributed by atoms with Gasteiger partial charge in [0.15, 0.2) is 0 Å². The molecule has 4 rings (SSSR count). The van der Waals surface area contributed by atoms with Crippen molar-refractivity contribution < 1.29 is 0 Å². The third kappa shape index (κ3) is 2.21. The average Bonchev–Trinajstić information content (AvgIpc) is 2.92. The summed E-state index contributed by atoms with van der Waals surface area (Å²) in [6, 6.07) is 22.2. The maximum atomic E-state index is 2.33. The fourth-order valence-electron chi connectivity index (χ4n) is 4.00. The van der Waals surface area contributed by atoms with Gasteiger partial charge in [-0.3, -0.25) is 0 Å². The van der Waals surface area contributed by atoms with Crippen LogP contribution in [0.3, 0.4) is 0 Å². The lowest BCUT2D eigenvalue weighted by molar-refractivity contribution is 0.855. The molecule has 1 aliphatic rings. The van der Waals surface area contributed by atoms with Gasteiger partial charge in [0.05, 0.1) is 0 Å². The van der Waals surface area contributed by atoms with Gasteiger partial charge in [-0.1, -0.05) is 74.5 Å². The molecule has 0 aliphatic heterocycles. The molecule has 0 spiro atoms. The molecule has 0 bridgehead atoms. The average molecular weight is 298 g/mol. The molecular formula is C23H22. The van der Waals surface area contributed by atoms with Gasteiger partial charge in [0.2, 0.25) is 0 Å². The number of rotatable bonds is 2. The molecule has 23 heavy (non-hydrogen) atoms. The third-order valence-corrected chi connectivity index (χ3v) is 5.04. The van der Waals surface area contributed by atoms with Crippen molar-refractivity contribution in [3.8, 4) is 22.3 Å². The highest BCUT2D eigenvalue weighted by molar-refractivity contribution is 5.84. The summed E-state index contributed by atoms with van der Waals surface area (Å²) >= 11 is 0. The molecule has 0 heteroatoms. The van der Waals surface area contributed by atoms with Crippen molar-refractivity contribution in [2.75, 3.05) is 0 Å². The Morgan fingerprint density at radius 2 is 1.35 bits per heavy atom.